The van der Waals surface area contributed by atoms with E-state index in [2.05, 4.69) is 0 Å². The zero-order chi connectivity index (χ0) is 10.2. The smallest absolute Gasteiger partial charge is 0.324 e. The number of rotatable bonds is 1. The molecule has 0 unspecified atom stereocenters. The predicted molar refractivity (Wildman–Crippen MR) is 44.8 cm³/mol. The van der Waals surface area contributed by atoms with Gasteiger partial charge in [0, 0.05) is 13.2 Å². The third kappa shape index (κ3) is 1.47. The first-order chi connectivity index (χ1) is 5.86. The average Bonchev–Trinajstić information content (AvgIpc) is 2.00. The summed E-state index contributed by atoms with van der Waals surface area (Å²) in [5.41, 5.74) is 4.73. The highest BCUT2D eigenvalue weighted by molar-refractivity contribution is 7.87. The van der Waals surface area contributed by atoms with Crippen LogP contribution in [-0.2, 0) is 15.0 Å². The van der Waals surface area contributed by atoms with Crippen molar-refractivity contribution in [3.05, 3.63) is 11.8 Å². The molecule has 72 valence electrons. The third-order valence-electron chi connectivity index (χ3n) is 1.55. The molecule has 4 N–H and O–H groups in total. The van der Waals surface area contributed by atoms with Gasteiger partial charge in [-0.25, -0.2) is 4.31 Å². The van der Waals surface area contributed by atoms with Crippen molar-refractivity contribution in [2.24, 2.45) is 5.73 Å². The van der Waals surface area contributed by atoms with Crippen molar-refractivity contribution in [2.45, 2.75) is 0 Å². The minimum absolute atomic E-state index is 0.169. The number of carbonyl (C=O) groups excluding carboxylic acids is 1. The second kappa shape index (κ2) is 2.73. The molecule has 1 heterocycles. The van der Waals surface area contributed by atoms with Crippen molar-refractivity contribution in [2.75, 3.05) is 7.05 Å². The fourth-order valence-corrected chi connectivity index (χ4v) is 1.52. The molecule has 0 saturated heterocycles. The topological polar surface area (TPSA) is 116 Å². The Labute approximate surface area is 74.9 Å². The average molecular weight is 204 g/mol. The minimum atomic E-state index is -3.70. The van der Waals surface area contributed by atoms with Gasteiger partial charge in [-0.05, 0) is 0 Å². The lowest BCUT2D eigenvalue weighted by Crippen LogP contribution is -2.46. The highest BCUT2D eigenvalue weighted by Gasteiger charge is 2.29. The van der Waals surface area contributed by atoms with E-state index in [0.717, 1.165) is 13.2 Å². The van der Waals surface area contributed by atoms with E-state index >= 15 is 0 Å². The van der Waals surface area contributed by atoms with Gasteiger partial charge in [0.25, 0.3) is 5.91 Å². The Bertz CT molecular complexity index is 396. The first-order valence-corrected chi connectivity index (χ1v) is 4.65. The Morgan fingerprint density at radius 3 is 2.69 bits per heavy atom. The van der Waals surface area contributed by atoms with Crippen molar-refractivity contribution >= 4 is 22.0 Å². The Kier molecular flexibility index (Phi) is 2.00. The molecule has 0 saturated carbocycles. The number of nitrogens with zero attached hydrogens (tertiary/aromatic N) is 1. The quantitative estimate of drug-likeness (QED) is 0.463. The maximum atomic E-state index is 11.0. The summed E-state index contributed by atoms with van der Waals surface area (Å²) in [6.07, 6.45) is 0.903. The van der Waals surface area contributed by atoms with Gasteiger partial charge in [0.05, 0.1) is 5.57 Å². The minimum Gasteiger partial charge on any atom is -0.365 e. The van der Waals surface area contributed by atoms with Gasteiger partial charge in [-0.1, -0.05) is 0 Å². The summed E-state index contributed by atoms with van der Waals surface area (Å²) in [7, 11) is -2.55. The van der Waals surface area contributed by atoms with E-state index in [4.69, 9.17) is 11.1 Å². The molecule has 1 rings (SSSR count). The van der Waals surface area contributed by atoms with Crippen LogP contribution in [0.15, 0.2) is 11.8 Å². The number of hydrogen-bond donors (Lipinski definition) is 3. The van der Waals surface area contributed by atoms with Crippen LogP contribution in [0.4, 0.5) is 0 Å². The first-order valence-electron chi connectivity index (χ1n) is 3.21. The maximum absolute atomic E-state index is 11.0. The van der Waals surface area contributed by atoms with Crippen LogP contribution < -0.4 is 10.5 Å². The Hall–Kier alpha value is -1.57. The van der Waals surface area contributed by atoms with E-state index in [9.17, 15) is 13.2 Å². The zero-order valence-electron chi connectivity index (χ0n) is 6.73. The van der Waals surface area contributed by atoms with Crippen LogP contribution in [0.5, 0.6) is 0 Å². The van der Waals surface area contributed by atoms with E-state index in [-0.39, 0.29) is 5.57 Å². The van der Waals surface area contributed by atoms with Gasteiger partial charge in [0.1, 0.15) is 5.84 Å². The van der Waals surface area contributed by atoms with E-state index in [1.54, 1.807) is 0 Å². The molecule has 0 aromatic rings. The summed E-state index contributed by atoms with van der Waals surface area (Å²) >= 11 is 0. The lowest BCUT2D eigenvalue weighted by molar-refractivity contribution is -0.114. The van der Waals surface area contributed by atoms with Crippen molar-refractivity contribution in [1.29, 1.82) is 5.41 Å². The summed E-state index contributed by atoms with van der Waals surface area (Å²) in [6, 6.07) is 0. The molecule has 13 heavy (non-hydrogen) atoms. The van der Waals surface area contributed by atoms with Crippen LogP contribution in [0.2, 0.25) is 0 Å². The molecule has 1 aliphatic rings. The molecule has 0 atom stereocenters. The monoisotopic (exact) mass is 204 g/mol. The van der Waals surface area contributed by atoms with E-state index in [1.807, 2.05) is 4.72 Å². The van der Waals surface area contributed by atoms with Crippen LogP contribution in [0, 0.1) is 5.41 Å². The van der Waals surface area contributed by atoms with Crippen molar-refractivity contribution in [3.8, 4) is 0 Å². The largest absolute Gasteiger partial charge is 0.365 e. The SMILES string of the molecule is CN1C(=N)C(C(N)=O)=CNS1(=O)=O. The lowest BCUT2D eigenvalue weighted by Gasteiger charge is -2.24. The third-order valence-corrected chi connectivity index (χ3v) is 2.87. The second-order valence-corrected chi connectivity index (χ2v) is 4.09. The summed E-state index contributed by atoms with van der Waals surface area (Å²) < 4.78 is 24.7. The summed E-state index contributed by atoms with van der Waals surface area (Å²) in [5.74, 6) is -1.29. The molecule has 7 nitrogen and oxygen atoms in total. The molecule has 0 aromatic heterocycles. The molecule has 0 aromatic carbocycles. The fourth-order valence-electron chi connectivity index (χ4n) is 0.758. The molecule has 0 spiro atoms. The van der Waals surface area contributed by atoms with Gasteiger partial charge in [-0.3, -0.25) is 14.9 Å². The summed E-state index contributed by atoms with van der Waals surface area (Å²) in [5, 5.41) is 7.28. The molecule has 0 aliphatic carbocycles. The molecule has 0 fully saturated rings. The number of amidine groups is 1. The number of primary amides is 1. The van der Waals surface area contributed by atoms with Gasteiger partial charge in [0.15, 0.2) is 0 Å². The summed E-state index contributed by atoms with van der Waals surface area (Å²) in [6.45, 7) is 0. The Morgan fingerprint density at radius 2 is 2.23 bits per heavy atom. The van der Waals surface area contributed by atoms with Crippen molar-refractivity contribution in [3.63, 3.8) is 0 Å². The van der Waals surface area contributed by atoms with Crippen LogP contribution in [0.25, 0.3) is 0 Å². The van der Waals surface area contributed by atoms with E-state index < -0.39 is 22.0 Å². The van der Waals surface area contributed by atoms with Crippen molar-refractivity contribution < 1.29 is 13.2 Å². The maximum Gasteiger partial charge on any atom is 0.324 e. The molecular formula is C5H8N4O3S. The first kappa shape index (κ1) is 9.52. The van der Waals surface area contributed by atoms with Crippen LogP contribution >= 0.6 is 0 Å². The Balaban J connectivity index is 3.18. The second-order valence-electron chi connectivity index (χ2n) is 2.36. The van der Waals surface area contributed by atoms with Gasteiger partial charge < -0.3 is 5.73 Å². The lowest BCUT2D eigenvalue weighted by atomic mass is 10.2. The number of likely N-dealkylation sites (N-methyl/N-ethyl adjacent to an activating group) is 1. The highest BCUT2D eigenvalue weighted by Crippen LogP contribution is 2.08. The number of carbonyl (C=O) groups is 1. The standard InChI is InChI=1S/C5H8N4O3S/c1-9-4(6)3(5(7)10)2-8-13(9,11)12/h2,6,8H,1H3,(H2,7,10). The molecule has 1 aliphatic heterocycles. The van der Waals surface area contributed by atoms with E-state index in [1.165, 1.54) is 0 Å². The number of nitrogens with two attached hydrogens (primary N) is 1. The van der Waals surface area contributed by atoms with Crippen LogP contribution in [0.3, 0.4) is 0 Å². The fraction of sp³-hybridized carbons (Fsp3) is 0.200. The molecule has 0 radical (unpaired) electrons. The van der Waals surface area contributed by atoms with Gasteiger partial charge in [0.2, 0.25) is 0 Å². The number of nitrogens with one attached hydrogen (secondary N) is 2. The molecular weight excluding hydrogens is 196 g/mol. The Morgan fingerprint density at radius 1 is 1.69 bits per heavy atom. The molecule has 8 heteroatoms. The summed E-state index contributed by atoms with van der Waals surface area (Å²) in [4.78, 5) is 10.7. The normalized spacial score (nSPS) is 20.5. The van der Waals surface area contributed by atoms with E-state index in [0.29, 0.717) is 4.31 Å². The van der Waals surface area contributed by atoms with Gasteiger partial charge in [-0.15, -0.1) is 0 Å². The van der Waals surface area contributed by atoms with Crippen molar-refractivity contribution in [1.82, 2.24) is 9.03 Å². The number of hydrogen-bond acceptors (Lipinski definition) is 4. The highest BCUT2D eigenvalue weighted by atomic mass is 32.2. The molecule has 0 bridgehead atoms. The van der Waals surface area contributed by atoms with Crippen LogP contribution in [0.1, 0.15) is 0 Å². The number of amides is 1. The predicted octanol–water partition coefficient (Wildman–Crippen LogP) is -1.89. The van der Waals surface area contributed by atoms with Gasteiger partial charge >= 0.3 is 10.2 Å². The van der Waals surface area contributed by atoms with Crippen LogP contribution in [-0.4, -0.2) is 31.5 Å². The molecule has 1 amide bonds. The zero-order valence-corrected chi connectivity index (χ0v) is 7.55. The van der Waals surface area contributed by atoms with Gasteiger partial charge in [-0.2, -0.15) is 8.42 Å².